The normalized spacial score (nSPS) is 20.6. The molecule has 3 rings (SSSR count). The molecule has 0 radical (unpaired) electrons. The Morgan fingerprint density at radius 2 is 2.22 bits per heavy atom. The standard InChI is InChI=1S/C18H26N4S/c1-13(2)15-6-4-5-7-16(15)20-17(21-18-19-9-11-23-18)22-10-8-14(3)12-22/h4-7,13-14H,8-12H2,1-3H3,(H,19,20,21)/p+1. The first-order valence-corrected chi connectivity index (χ1v) is 9.55. The van der Waals surface area contributed by atoms with E-state index in [2.05, 4.69) is 60.6 Å². The van der Waals surface area contributed by atoms with Gasteiger partial charge in [0.15, 0.2) is 0 Å². The van der Waals surface area contributed by atoms with Gasteiger partial charge in [-0.1, -0.05) is 39.0 Å². The van der Waals surface area contributed by atoms with E-state index in [0.29, 0.717) is 5.92 Å². The van der Waals surface area contributed by atoms with Gasteiger partial charge in [-0.05, 0) is 41.6 Å². The number of amidine groups is 1. The van der Waals surface area contributed by atoms with Gasteiger partial charge in [-0.25, -0.2) is 4.67 Å². The number of likely N-dealkylation sites (tertiary alicyclic amines) is 1. The Bertz CT molecular complexity index is 611. The molecule has 1 aromatic rings. The molecule has 2 heterocycles. The number of para-hydroxylation sites is 1. The lowest BCUT2D eigenvalue weighted by molar-refractivity contribution is 0.492. The van der Waals surface area contributed by atoms with E-state index < -0.39 is 0 Å². The SMILES string of the molecule is CC1CCN(C(=[N+]=C2NCCS2)Nc2ccccc2C(C)C)C1. The minimum absolute atomic E-state index is 0.490. The van der Waals surface area contributed by atoms with Gasteiger partial charge in [0.05, 0.1) is 25.3 Å². The second-order valence-corrected chi connectivity index (χ2v) is 7.81. The van der Waals surface area contributed by atoms with Crippen LogP contribution in [0.3, 0.4) is 0 Å². The second-order valence-electron chi connectivity index (χ2n) is 6.72. The molecular weight excluding hydrogens is 304 g/mol. The smallest absolute Gasteiger partial charge is 0.302 e. The first-order chi connectivity index (χ1) is 11.1. The summed E-state index contributed by atoms with van der Waals surface area (Å²) in [6.07, 6.45) is 1.24. The molecule has 4 nitrogen and oxygen atoms in total. The van der Waals surface area contributed by atoms with Gasteiger partial charge in [0.2, 0.25) is 0 Å². The van der Waals surface area contributed by atoms with Gasteiger partial charge < -0.3 is 5.32 Å². The van der Waals surface area contributed by atoms with Gasteiger partial charge in [-0.3, -0.25) is 10.2 Å². The zero-order chi connectivity index (χ0) is 16.2. The van der Waals surface area contributed by atoms with Crippen LogP contribution in [0.2, 0.25) is 0 Å². The fourth-order valence-corrected chi connectivity index (χ4v) is 3.82. The minimum Gasteiger partial charge on any atom is -0.302 e. The molecule has 2 fully saturated rings. The van der Waals surface area contributed by atoms with Crippen LogP contribution in [0.5, 0.6) is 0 Å². The number of nitrogens with one attached hydrogen (secondary N) is 2. The van der Waals surface area contributed by atoms with Crippen LogP contribution < -0.4 is 15.3 Å². The number of thioether (sulfide) groups is 1. The van der Waals surface area contributed by atoms with Crippen molar-refractivity contribution in [2.75, 3.05) is 30.7 Å². The largest absolute Gasteiger partial charge is 0.402 e. The summed E-state index contributed by atoms with van der Waals surface area (Å²) >= 11 is 1.80. The van der Waals surface area contributed by atoms with Gasteiger partial charge in [0.1, 0.15) is 0 Å². The van der Waals surface area contributed by atoms with Crippen molar-refractivity contribution in [3.8, 4) is 0 Å². The van der Waals surface area contributed by atoms with E-state index in [4.69, 9.17) is 4.67 Å². The van der Waals surface area contributed by atoms with Gasteiger partial charge in [0.25, 0.3) is 0 Å². The summed E-state index contributed by atoms with van der Waals surface area (Å²) in [5.41, 5.74) is 2.51. The number of hydrogen-bond donors (Lipinski definition) is 2. The average Bonchev–Trinajstić information content (AvgIpc) is 3.18. The predicted octanol–water partition coefficient (Wildman–Crippen LogP) is 2.68. The van der Waals surface area contributed by atoms with Crippen LogP contribution in [0.1, 0.15) is 38.7 Å². The fraction of sp³-hybridized carbons (Fsp3) is 0.556. The van der Waals surface area contributed by atoms with Crippen molar-refractivity contribution in [1.82, 2.24) is 14.9 Å². The molecule has 0 saturated carbocycles. The molecule has 1 atom stereocenters. The summed E-state index contributed by atoms with van der Waals surface area (Å²) in [7, 11) is 0. The van der Waals surface area contributed by atoms with Gasteiger partial charge in [0, 0.05) is 5.75 Å². The molecule has 2 saturated heterocycles. The fourth-order valence-electron chi connectivity index (χ4n) is 3.06. The Morgan fingerprint density at radius 3 is 2.87 bits per heavy atom. The molecule has 0 bridgehead atoms. The molecular formula is C18H27N4S+. The van der Waals surface area contributed by atoms with Crippen LogP contribution in [-0.4, -0.2) is 41.4 Å². The lowest BCUT2D eigenvalue weighted by atomic mass is 10.0. The van der Waals surface area contributed by atoms with E-state index in [1.807, 2.05) is 0 Å². The van der Waals surface area contributed by atoms with Crippen LogP contribution in [-0.2, 0) is 0 Å². The quantitative estimate of drug-likeness (QED) is 0.497. The molecule has 2 aliphatic heterocycles. The Balaban J connectivity index is 1.92. The minimum atomic E-state index is 0.490. The van der Waals surface area contributed by atoms with Gasteiger partial charge in [-0.15, -0.1) is 0 Å². The van der Waals surface area contributed by atoms with Crippen molar-refractivity contribution >= 4 is 28.6 Å². The molecule has 0 aliphatic carbocycles. The van der Waals surface area contributed by atoms with Crippen LogP contribution in [0.4, 0.5) is 5.69 Å². The monoisotopic (exact) mass is 331 g/mol. The molecule has 0 amide bonds. The third kappa shape index (κ3) is 4.04. The Hall–Kier alpha value is -1.58. The molecule has 124 valence electrons. The molecule has 2 N–H and O–H groups in total. The number of benzene rings is 1. The third-order valence-electron chi connectivity index (χ3n) is 4.38. The summed E-state index contributed by atoms with van der Waals surface area (Å²) in [5, 5.41) is 8.03. The highest BCUT2D eigenvalue weighted by Gasteiger charge is 2.29. The highest BCUT2D eigenvalue weighted by molar-refractivity contribution is 8.14. The Morgan fingerprint density at radius 1 is 1.39 bits per heavy atom. The average molecular weight is 332 g/mol. The number of anilines is 1. The van der Waals surface area contributed by atoms with Crippen molar-refractivity contribution in [3.63, 3.8) is 0 Å². The van der Waals surface area contributed by atoms with Crippen LogP contribution in [0.25, 0.3) is 0 Å². The lowest BCUT2D eigenvalue weighted by Gasteiger charge is -2.16. The van der Waals surface area contributed by atoms with Crippen LogP contribution in [0, 0.1) is 5.92 Å². The molecule has 0 spiro atoms. The van der Waals surface area contributed by atoms with E-state index >= 15 is 0 Å². The molecule has 1 aromatic carbocycles. The lowest BCUT2D eigenvalue weighted by Crippen LogP contribution is -2.38. The van der Waals surface area contributed by atoms with Crippen molar-refractivity contribution in [3.05, 3.63) is 29.8 Å². The van der Waals surface area contributed by atoms with Gasteiger partial charge >= 0.3 is 11.1 Å². The zero-order valence-corrected chi connectivity index (χ0v) is 15.1. The first-order valence-electron chi connectivity index (χ1n) is 8.56. The molecule has 0 aromatic heterocycles. The maximum Gasteiger partial charge on any atom is 0.402 e. The molecule has 23 heavy (non-hydrogen) atoms. The van der Waals surface area contributed by atoms with E-state index in [0.717, 1.165) is 42.4 Å². The number of guanidine groups is 1. The topological polar surface area (TPSA) is 41.4 Å². The van der Waals surface area contributed by atoms with E-state index in [1.165, 1.54) is 17.7 Å². The number of hydrogen-bond acceptors (Lipinski definition) is 1. The van der Waals surface area contributed by atoms with E-state index in [1.54, 1.807) is 11.8 Å². The summed E-state index contributed by atoms with van der Waals surface area (Å²) in [6.45, 7) is 9.95. The molecule has 5 heteroatoms. The highest BCUT2D eigenvalue weighted by Crippen LogP contribution is 2.24. The molecule has 1 unspecified atom stereocenters. The Labute approximate surface area is 143 Å². The van der Waals surface area contributed by atoms with Crippen molar-refractivity contribution in [1.29, 1.82) is 0 Å². The Kier molecular flexibility index (Phi) is 5.19. The third-order valence-corrected chi connectivity index (χ3v) is 5.29. The zero-order valence-electron chi connectivity index (χ0n) is 14.3. The maximum atomic E-state index is 4.89. The predicted molar refractivity (Wildman–Crippen MR) is 102 cm³/mol. The van der Waals surface area contributed by atoms with E-state index in [9.17, 15) is 0 Å². The van der Waals surface area contributed by atoms with Crippen molar-refractivity contribution < 1.29 is 0 Å². The number of rotatable bonds is 2. The highest BCUT2D eigenvalue weighted by atomic mass is 32.2. The van der Waals surface area contributed by atoms with Gasteiger partial charge in [-0.2, -0.15) is 0 Å². The summed E-state index contributed by atoms with van der Waals surface area (Å²) in [6, 6.07) is 8.56. The summed E-state index contributed by atoms with van der Waals surface area (Å²) < 4.78 is 4.89. The first kappa shape index (κ1) is 16.3. The van der Waals surface area contributed by atoms with E-state index in [-0.39, 0.29) is 0 Å². The maximum absolute atomic E-state index is 4.89. The van der Waals surface area contributed by atoms with Crippen molar-refractivity contribution in [2.45, 2.75) is 33.1 Å². The van der Waals surface area contributed by atoms with Crippen LogP contribution >= 0.6 is 11.8 Å². The summed E-state index contributed by atoms with van der Waals surface area (Å²) in [4.78, 5) is 2.38. The summed E-state index contributed by atoms with van der Waals surface area (Å²) in [5.74, 6) is 3.31. The van der Waals surface area contributed by atoms with Crippen molar-refractivity contribution in [2.24, 2.45) is 5.92 Å². The number of nitrogens with zero attached hydrogens (tertiary/aromatic N) is 2. The second kappa shape index (κ2) is 7.33. The molecule has 2 aliphatic rings. The van der Waals surface area contributed by atoms with Crippen LogP contribution in [0.15, 0.2) is 24.3 Å².